The molecule has 1 saturated carbocycles. The van der Waals surface area contributed by atoms with Gasteiger partial charge < -0.3 is 14.5 Å². The summed E-state index contributed by atoms with van der Waals surface area (Å²) in [7, 11) is 1.77. The van der Waals surface area contributed by atoms with Gasteiger partial charge in [0.15, 0.2) is 0 Å². The van der Waals surface area contributed by atoms with Gasteiger partial charge in [0.05, 0.1) is 6.04 Å². The predicted molar refractivity (Wildman–Crippen MR) is 80.9 cm³/mol. The van der Waals surface area contributed by atoms with Crippen molar-refractivity contribution in [2.24, 2.45) is 5.92 Å². The van der Waals surface area contributed by atoms with E-state index in [0.717, 1.165) is 25.8 Å². The second-order valence-electron chi connectivity index (χ2n) is 7.30. The van der Waals surface area contributed by atoms with Crippen molar-refractivity contribution in [2.45, 2.75) is 64.5 Å². The van der Waals surface area contributed by atoms with Gasteiger partial charge in [0.2, 0.25) is 5.91 Å². The van der Waals surface area contributed by atoms with E-state index in [2.05, 4.69) is 0 Å². The number of ether oxygens (including phenoxy) is 1. The number of carbonyl (C=O) groups is 2. The van der Waals surface area contributed by atoms with Crippen LogP contribution in [0.1, 0.15) is 52.9 Å². The first-order valence-electron chi connectivity index (χ1n) is 8.02. The molecule has 2 fully saturated rings. The molecule has 0 unspecified atom stereocenters. The first kappa shape index (κ1) is 16.1. The molecule has 1 aliphatic carbocycles. The van der Waals surface area contributed by atoms with E-state index in [1.54, 1.807) is 11.9 Å². The second kappa shape index (κ2) is 6.24. The summed E-state index contributed by atoms with van der Waals surface area (Å²) in [4.78, 5) is 28.1. The summed E-state index contributed by atoms with van der Waals surface area (Å²) in [6.07, 6.45) is 4.94. The van der Waals surface area contributed by atoms with E-state index in [9.17, 15) is 9.59 Å². The SMILES string of the molecule is CN(C(=O)OC(C)(C)C)[C@@H]1CCN(C(=O)C2CCCC2)C1. The molecule has 0 radical (unpaired) electrons. The fraction of sp³-hybridized carbons (Fsp3) is 0.875. The average Bonchev–Trinajstić information content (AvgIpc) is 3.06. The highest BCUT2D eigenvalue weighted by Gasteiger charge is 2.35. The van der Waals surface area contributed by atoms with Gasteiger partial charge in [-0.2, -0.15) is 0 Å². The Bertz CT molecular complexity index is 397. The average molecular weight is 296 g/mol. The van der Waals surface area contributed by atoms with E-state index >= 15 is 0 Å². The third-order valence-corrected chi connectivity index (χ3v) is 4.41. The van der Waals surface area contributed by atoms with Crippen LogP contribution in [0.5, 0.6) is 0 Å². The van der Waals surface area contributed by atoms with Crippen LogP contribution in [-0.4, -0.2) is 53.6 Å². The molecule has 1 saturated heterocycles. The molecule has 21 heavy (non-hydrogen) atoms. The van der Waals surface area contributed by atoms with Gasteiger partial charge in [-0.3, -0.25) is 4.79 Å². The quantitative estimate of drug-likeness (QED) is 0.787. The zero-order valence-electron chi connectivity index (χ0n) is 13.7. The van der Waals surface area contributed by atoms with E-state index in [0.29, 0.717) is 6.54 Å². The topological polar surface area (TPSA) is 49.9 Å². The van der Waals surface area contributed by atoms with Crippen LogP contribution in [-0.2, 0) is 9.53 Å². The van der Waals surface area contributed by atoms with Crippen molar-refractivity contribution in [3.63, 3.8) is 0 Å². The van der Waals surface area contributed by atoms with Gasteiger partial charge in [-0.1, -0.05) is 12.8 Å². The Morgan fingerprint density at radius 2 is 1.76 bits per heavy atom. The van der Waals surface area contributed by atoms with Crippen LogP contribution in [0.25, 0.3) is 0 Å². The highest BCUT2D eigenvalue weighted by atomic mass is 16.6. The molecule has 0 aromatic carbocycles. The minimum Gasteiger partial charge on any atom is -0.444 e. The van der Waals surface area contributed by atoms with Crippen LogP contribution in [0.3, 0.4) is 0 Å². The summed E-state index contributed by atoms with van der Waals surface area (Å²) in [6, 6.07) is 0.0743. The molecule has 120 valence electrons. The first-order chi connectivity index (χ1) is 9.78. The Balaban J connectivity index is 1.86. The van der Waals surface area contributed by atoms with Crippen molar-refractivity contribution in [2.75, 3.05) is 20.1 Å². The first-order valence-corrected chi connectivity index (χ1v) is 8.02. The molecule has 2 aliphatic rings. The maximum absolute atomic E-state index is 12.4. The predicted octanol–water partition coefficient (Wildman–Crippen LogP) is 2.64. The minimum atomic E-state index is -0.483. The van der Waals surface area contributed by atoms with Gasteiger partial charge in [-0.15, -0.1) is 0 Å². The number of hydrogen-bond acceptors (Lipinski definition) is 3. The Labute approximate surface area is 127 Å². The highest BCUT2D eigenvalue weighted by molar-refractivity contribution is 5.79. The van der Waals surface area contributed by atoms with E-state index in [1.807, 2.05) is 25.7 Å². The van der Waals surface area contributed by atoms with Crippen LogP contribution in [0, 0.1) is 5.92 Å². The van der Waals surface area contributed by atoms with Gasteiger partial charge in [0.1, 0.15) is 5.60 Å². The van der Waals surface area contributed by atoms with Gasteiger partial charge in [0, 0.05) is 26.1 Å². The minimum absolute atomic E-state index is 0.0743. The summed E-state index contributed by atoms with van der Waals surface area (Å²) in [5, 5.41) is 0. The fourth-order valence-corrected chi connectivity index (χ4v) is 3.17. The number of carbonyl (C=O) groups excluding carboxylic acids is 2. The lowest BCUT2D eigenvalue weighted by Gasteiger charge is -2.28. The number of nitrogens with zero attached hydrogens (tertiary/aromatic N) is 2. The van der Waals surface area contributed by atoms with Crippen LogP contribution in [0.15, 0.2) is 0 Å². The molecule has 0 aromatic heterocycles. The maximum atomic E-state index is 12.4. The zero-order valence-corrected chi connectivity index (χ0v) is 13.7. The van der Waals surface area contributed by atoms with Crippen LogP contribution in [0.2, 0.25) is 0 Å². The Morgan fingerprint density at radius 3 is 2.33 bits per heavy atom. The lowest BCUT2D eigenvalue weighted by Crippen LogP contribution is -2.43. The zero-order chi connectivity index (χ0) is 15.6. The molecule has 0 spiro atoms. The van der Waals surface area contributed by atoms with Gasteiger partial charge >= 0.3 is 6.09 Å². The van der Waals surface area contributed by atoms with Crippen molar-refractivity contribution in [1.82, 2.24) is 9.80 Å². The molecule has 1 heterocycles. The molecule has 2 amide bonds. The van der Waals surface area contributed by atoms with Crippen LogP contribution in [0.4, 0.5) is 4.79 Å². The van der Waals surface area contributed by atoms with E-state index in [1.165, 1.54) is 12.8 Å². The molecule has 2 rings (SSSR count). The Hall–Kier alpha value is -1.26. The van der Waals surface area contributed by atoms with Crippen molar-refractivity contribution in [1.29, 1.82) is 0 Å². The normalized spacial score (nSPS) is 23.4. The van der Waals surface area contributed by atoms with Crippen molar-refractivity contribution in [3.05, 3.63) is 0 Å². The van der Waals surface area contributed by atoms with Gasteiger partial charge in [-0.25, -0.2) is 4.79 Å². The number of likely N-dealkylation sites (N-methyl/N-ethyl adjacent to an activating group) is 1. The summed E-state index contributed by atoms with van der Waals surface area (Å²) in [5.74, 6) is 0.503. The molecule has 0 N–H and O–H groups in total. The van der Waals surface area contributed by atoms with Gasteiger partial charge in [0.25, 0.3) is 0 Å². The smallest absolute Gasteiger partial charge is 0.410 e. The molecule has 5 nitrogen and oxygen atoms in total. The summed E-state index contributed by atoms with van der Waals surface area (Å²) in [6.45, 7) is 6.99. The van der Waals surface area contributed by atoms with Crippen molar-refractivity contribution < 1.29 is 14.3 Å². The van der Waals surface area contributed by atoms with E-state index in [4.69, 9.17) is 4.74 Å². The number of likely N-dealkylation sites (tertiary alicyclic amines) is 1. The largest absolute Gasteiger partial charge is 0.444 e. The summed E-state index contributed by atoms with van der Waals surface area (Å²) < 4.78 is 5.39. The molecule has 0 aromatic rings. The standard InChI is InChI=1S/C16H28N2O3/c1-16(2,3)21-15(20)17(4)13-9-10-18(11-13)14(19)12-7-5-6-8-12/h12-13H,5-11H2,1-4H3/t13-/m1/s1. The Kier molecular flexibility index (Phi) is 4.79. The fourth-order valence-electron chi connectivity index (χ4n) is 3.17. The molecule has 5 heteroatoms. The van der Waals surface area contributed by atoms with E-state index in [-0.39, 0.29) is 24.0 Å². The lowest BCUT2D eigenvalue weighted by atomic mass is 10.1. The number of amides is 2. The van der Waals surface area contributed by atoms with Crippen molar-refractivity contribution in [3.8, 4) is 0 Å². The van der Waals surface area contributed by atoms with Crippen LogP contribution < -0.4 is 0 Å². The van der Waals surface area contributed by atoms with Crippen molar-refractivity contribution >= 4 is 12.0 Å². The molecular weight excluding hydrogens is 268 g/mol. The third kappa shape index (κ3) is 4.11. The second-order valence-corrected chi connectivity index (χ2v) is 7.30. The number of hydrogen-bond donors (Lipinski definition) is 0. The molecule has 0 bridgehead atoms. The maximum Gasteiger partial charge on any atom is 0.410 e. The lowest BCUT2D eigenvalue weighted by molar-refractivity contribution is -0.134. The monoisotopic (exact) mass is 296 g/mol. The van der Waals surface area contributed by atoms with Crippen LogP contribution >= 0.6 is 0 Å². The number of rotatable bonds is 2. The summed E-state index contributed by atoms with van der Waals surface area (Å²) >= 11 is 0. The molecule has 1 aliphatic heterocycles. The van der Waals surface area contributed by atoms with E-state index < -0.39 is 5.60 Å². The molecular formula is C16H28N2O3. The summed E-state index contributed by atoms with van der Waals surface area (Å²) in [5.41, 5.74) is -0.483. The molecule has 1 atom stereocenters. The van der Waals surface area contributed by atoms with Gasteiger partial charge in [-0.05, 0) is 40.0 Å². The third-order valence-electron chi connectivity index (χ3n) is 4.41. The Morgan fingerprint density at radius 1 is 1.14 bits per heavy atom. The highest BCUT2D eigenvalue weighted by Crippen LogP contribution is 2.28.